The van der Waals surface area contributed by atoms with Gasteiger partial charge in [-0.2, -0.15) is 0 Å². The number of furan rings is 1. The van der Waals surface area contributed by atoms with Gasteiger partial charge in [0.15, 0.2) is 0 Å². The molecule has 4 nitrogen and oxygen atoms in total. The van der Waals surface area contributed by atoms with Crippen molar-refractivity contribution in [3.05, 3.63) is 47.9 Å². The first-order valence-electron chi connectivity index (χ1n) is 7.59. The Bertz CT molecular complexity index is 556. The SMILES string of the molecule is CCc1ccc(CNc2ccc(N3CCOCC3)cc2)o1. The minimum atomic E-state index is 0.719. The Balaban J connectivity index is 1.56. The maximum Gasteiger partial charge on any atom is 0.123 e. The van der Waals surface area contributed by atoms with E-state index in [2.05, 4.69) is 41.4 Å². The van der Waals surface area contributed by atoms with Gasteiger partial charge in [0.1, 0.15) is 11.5 Å². The second-order valence-electron chi connectivity index (χ2n) is 5.22. The molecule has 0 amide bonds. The number of nitrogens with one attached hydrogen (secondary N) is 1. The summed E-state index contributed by atoms with van der Waals surface area (Å²) in [4.78, 5) is 2.35. The third kappa shape index (κ3) is 3.58. The highest BCUT2D eigenvalue weighted by Gasteiger charge is 2.10. The van der Waals surface area contributed by atoms with Gasteiger partial charge in [-0.15, -0.1) is 0 Å². The highest BCUT2D eigenvalue weighted by atomic mass is 16.5. The summed E-state index contributed by atoms with van der Waals surface area (Å²) in [6.07, 6.45) is 0.939. The molecule has 0 unspecified atom stereocenters. The summed E-state index contributed by atoms with van der Waals surface area (Å²) in [7, 11) is 0. The molecule has 0 spiro atoms. The van der Waals surface area contributed by atoms with Crippen LogP contribution in [0.1, 0.15) is 18.4 Å². The topological polar surface area (TPSA) is 37.6 Å². The summed E-state index contributed by atoms with van der Waals surface area (Å²) in [6, 6.07) is 12.6. The Morgan fingerprint density at radius 2 is 1.71 bits per heavy atom. The average molecular weight is 286 g/mol. The van der Waals surface area contributed by atoms with Gasteiger partial charge in [-0.25, -0.2) is 0 Å². The molecule has 4 heteroatoms. The molecule has 1 aliphatic heterocycles. The van der Waals surface area contributed by atoms with Crippen LogP contribution in [0.5, 0.6) is 0 Å². The smallest absolute Gasteiger partial charge is 0.123 e. The van der Waals surface area contributed by atoms with Crippen LogP contribution < -0.4 is 10.2 Å². The number of hydrogen-bond donors (Lipinski definition) is 1. The van der Waals surface area contributed by atoms with Gasteiger partial charge in [-0.3, -0.25) is 0 Å². The first kappa shape index (κ1) is 14.0. The Labute approximate surface area is 125 Å². The molecule has 112 valence electrons. The summed E-state index contributed by atoms with van der Waals surface area (Å²) in [5, 5.41) is 3.39. The van der Waals surface area contributed by atoms with E-state index in [1.165, 1.54) is 5.69 Å². The lowest BCUT2D eigenvalue weighted by Gasteiger charge is -2.28. The Kier molecular flexibility index (Phi) is 4.46. The fourth-order valence-electron chi connectivity index (χ4n) is 2.51. The van der Waals surface area contributed by atoms with Crippen molar-refractivity contribution in [2.75, 3.05) is 36.5 Å². The van der Waals surface area contributed by atoms with E-state index in [0.717, 1.165) is 56.5 Å². The number of anilines is 2. The number of aryl methyl sites for hydroxylation is 1. The van der Waals surface area contributed by atoms with E-state index in [4.69, 9.17) is 9.15 Å². The standard InChI is InChI=1S/C17H22N2O2/c1-2-16-7-8-17(21-16)13-18-14-3-5-15(6-4-14)19-9-11-20-12-10-19/h3-8,18H,2,9-13H2,1H3. The Hall–Kier alpha value is -1.94. The summed E-state index contributed by atoms with van der Waals surface area (Å²) < 4.78 is 11.1. The monoisotopic (exact) mass is 286 g/mol. The molecule has 2 heterocycles. The Morgan fingerprint density at radius 3 is 2.38 bits per heavy atom. The summed E-state index contributed by atoms with van der Waals surface area (Å²) in [5.41, 5.74) is 2.37. The lowest BCUT2D eigenvalue weighted by Crippen LogP contribution is -2.36. The molecule has 1 fully saturated rings. The third-order valence-electron chi connectivity index (χ3n) is 3.78. The average Bonchev–Trinajstić information content (AvgIpc) is 3.02. The van der Waals surface area contributed by atoms with Crippen LogP contribution in [-0.4, -0.2) is 26.3 Å². The molecule has 0 bridgehead atoms. The minimum Gasteiger partial charge on any atom is -0.464 e. The zero-order valence-corrected chi connectivity index (χ0v) is 12.5. The second-order valence-corrected chi connectivity index (χ2v) is 5.22. The largest absolute Gasteiger partial charge is 0.464 e. The van der Waals surface area contributed by atoms with Crippen LogP contribution in [0.3, 0.4) is 0 Å². The van der Waals surface area contributed by atoms with Gasteiger partial charge in [0, 0.05) is 30.9 Å². The number of rotatable bonds is 5. The van der Waals surface area contributed by atoms with Crippen molar-refractivity contribution in [2.24, 2.45) is 0 Å². The maximum atomic E-state index is 5.69. The fourth-order valence-corrected chi connectivity index (χ4v) is 2.51. The van der Waals surface area contributed by atoms with Crippen LogP contribution in [0, 0.1) is 0 Å². The van der Waals surface area contributed by atoms with E-state index in [-0.39, 0.29) is 0 Å². The van der Waals surface area contributed by atoms with Crippen LogP contribution in [-0.2, 0) is 17.7 Å². The second kappa shape index (κ2) is 6.68. The lowest BCUT2D eigenvalue weighted by atomic mass is 10.2. The molecule has 0 saturated carbocycles. The summed E-state index contributed by atoms with van der Waals surface area (Å²) in [5.74, 6) is 2.01. The number of benzene rings is 1. The van der Waals surface area contributed by atoms with Crippen LogP contribution >= 0.6 is 0 Å². The van der Waals surface area contributed by atoms with E-state index in [1.807, 2.05) is 12.1 Å². The van der Waals surface area contributed by atoms with Crippen molar-refractivity contribution in [3.8, 4) is 0 Å². The molecule has 0 radical (unpaired) electrons. The Morgan fingerprint density at radius 1 is 1.00 bits per heavy atom. The van der Waals surface area contributed by atoms with Gasteiger partial charge in [0.05, 0.1) is 19.8 Å². The molecular formula is C17H22N2O2. The first-order chi connectivity index (χ1) is 10.3. The molecule has 0 atom stereocenters. The molecule has 21 heavy (non-hydrogen) atoms. The van der Waals surface area contributed by atoms with Crippen molar-refractivity contribution < 1.29 is 9.15 Å². The van der Waals surface area contributed by atoms with E-state index in [9.17, 15) is 0 Å². The fraction of sp³-hybridized carbons (Fsp3) is 0.412. The van der Waals surface area contributed by atoms with Crippen molar-refractivity contribution in [3.63, 3.8) is 0 Å². The van der Waals surface area contributed by atoms with Gasteiger partial charge in [-0.1, -0.05) is 6.92 Å². The first-order valence-corrected chi connectivity index (χ1v) is 7.59. The van der Waals surface area contributed by atoms with Gasteiger partial charge in [0.2, 0.25) is 0 Å². The van der Waals surface area contributed by atoms with Crippen LogP contribution in [0.25, 0.3) is 0 Å². The predicted molar refractivity (Wildman–Crippen MR) is 84.9 cm³/mol. The highest BCUT2D eigenvalue weighted by Crippen LogP contribution is 2.19. The molecule has 1 aromatic carbocycles. The molecule has 1 saturated heterocycles. The van der Waals surface area contributed by atoms with Crippen molar-refractivity contribution in [1.29, 1.82) is 0 Å². The van der Waals surface area contributed by atoms with Crippen LogP contribution in [0.15, 0.2) is 40.8 Å². The number of nitrogens with zero attached hydrogens (tertiary/aromatic N) is 1. The van der Waals surface area contributed by atoms with Crippen molar-refractivity contribution in [1.82, 2.24) is 0 Å². The van der Waals surface area contributed by atoms with Gasteiger partial charge < -0.3 is 19.4 Å². The molecular weight excluding hydrogens is 264 g/mol. The van der Waals surface area contributed by atoms with Crippen molar-refractivity contribution >= 4 is 11.4 Å². The normalized spacial score (nSPS) is 15.2. The minimum absolute atomic E-state index is 0.719. The summed E-state index contributed by atoms with van der Waals surface area (Å²) in [6.45, 7) is 6.39. The predicted octanol–water partition coefficient (Wildman–Crippen LogP) is 3.29. The molecule has 3 rings (SSSR count). The van der Waals surface area contributed by atoms with E-state index in [0.29, 0.717) is 0 Å². The zero-order chi connectivity index (χ0) is 14.5. The molecule has 0 aliphatic carbocycles. The zero-order valence-electron chi connectivity index (χ0n) is 12.5. The molecule has 2 aromatic rings. The molecule has 1 aliphatic rings. The number of morpholine rings is 1. The lowest BCUT2D eigenvalue weighted by molar-refractivity contribution is 0.122. The molecule has 1 N–H and O–H groups in total. The van der Waals surface area contributed by atoms with E-state index >= 15 is 0 Å². The quantitative estimate of drug-likeness (QED) is 0.915. The van der Waals surface area contributed by atoms with Gasteiger partial charge in [-0.05, 0) is 36.4 Å². The van der Waals surface area contributed by atoms with E-state index in [1.54, 1.807) is 0 Å². The van der Waals surface area contributed by atoms with Crippen LogP contribution in [0.4, 0.5) is 11.4 Å². The summed E-state index contributed by atoms with van der Waals surface area (Å²) >= 11 is 0. The van der Waals surface area contributed by atoms with Gasteiger partial charge in [0.25, 0.3) is 0 Å². The highest BCUT2D eigenvalue weighted by molar-refractivity contribution is 5.55. The molecule has 1 aromatic heterocycles. The van der Waals surface area contributed by atoms with Crippen molar-refractivity contribution in [2.45, 2.75) is 19.9 Å². The van der Waals surface area contributed by atoms with Gasteiger partial charge >= 0.3 is 0 Å². The third-order valence-corrected chi connectivity index (χ3v) is 3.78. The van der Waals surface area contributed by atoms with E-state index < -0.39 is 0 Å². The number of hydrogen-bond acceptors (Lipinski definition) is 4. The van der Waals surface area contributed by atoms with Crippen LogP contribution in [0.2, 0.25) is 0 Å². The number of ether oxygens (including phenoxy) is 1. The maximum absolute atomic E-state index is 5.69.